The van der Waals surface area contributed by atoms with E-state index in [9.17, 15) is 9.59 Å². The average molecular weight is 200 g/mol. The van der Waals surface area contributed by atoms with Crippen LogP contribution in [0.25, 0.3) is 0 Å². The van der Waals surface area contributed by atoms with Crippen molar-refractivity contribution in [2.75, 3.05) is 27.2 Å². The van der Waals surface area contributed by atoms with Crippen LogP contribution in [0.5, 0.6) is 0 Å². The Balaban J connectivity index is 4.01. The number of nitrogens with zero attached hydrogens (tertiary/aromatic N) is 1. The van der Waals surface area contributed by atoms with Crippen molar-refractivity contribution in [1.29, 1.82) is 0 Å². The highest BCUT2D eigenvalue weighted by Gasteiger charge is 2.04. The van der Waals surface area contributed by atoms with E-state index in [1.807, 2.05) is 0 Å². The van der Waals surface area contributed by atoms with Crippen molar-refractivity contribution in [1.82, 2.24) is 4.90 Å². The number of esters is 1. The number of carbonyl (C=O) groups is 2. The van der Waals surface area contributed by atoms with Crippen LogP contribution >= 0.6 is 0 Å². The molecule has 0 heterocycles. The van der Waals surface area contributed by atoms with Crippen molar-refractivity contribution >= 4 is 11.9 Å². The molecule has 80 valence electrons. The summed E-state index contributed by atoms with van der Waals surface area (Å²) in [5.41, 5.74) is 5.51. The molecule has 0 aromatic carbocycles. The minimum absolute atomic E-state index is 0.172. The van der Waals surface area contributed by atoms with Crippen molar-refractivity contribution in [2.45, 2.75) is 6.92 Å². The predicted octanol–water partition coefficient (Wildman–Crippen LogP) is -0.477. The molecule has 14 heavy (non-hydrogen) atoms. The molecule has 0 aliphatic rings. The minimum Gasteiger partial charge on any atom is -0.466 e. The highest BCUT2D eigenvalue weighted by Crippen LogP contribution is 1.95. The van der Waals surface area contributed by atoms with E-state index >= 15 is 0 Å². The number of nitrogens with two attached hydrogens (primary N) is 1. The summed E-state index contributed by atoms with van der Waals surface area (Å²) in [6, 6.07) is 0. The number of carbonyl (C=O) groups excluding carboxylic acids is 2. The normalized spacial score (nSPS) is 11.6. The molecular formula is C9H16N2O3. The van der Waals surface area contributed by atoms with Gasteiger partial charge in [0.15, 0.2) is 0 Å². The van der Waals surface area contributed by atoms with Gasteiger partial charge in [0, 0.05) is 12.1 Å². The third-order valence-electron chi connectivity index (χ3n) is 1.64. The van der Waals surface area contributed by atoms with Gasteiger partial charge in [0.2, 0.25) is 5.91 Å². The fourth-order valence-corrected chi connectivity index (χ4v) is 0.868. The molecule has 0 aromatic heterocycles. The summed E-state index contributed by atoms with van der Waals surface area (Å²) in [6.07, 6.45) is 1.69. The second kappa shape index (κ2) is 6.15. The lowest BCUT2D eigenvalue weighted by atomic mass is 10.3. The molecule has 0 atom stereocenters. The van der Waals surface area contributed by atoms with Crippen LogP contribution in [0.3, 0.4) is 0 Å². The summed E-state index contributed by atoms with van der Waals surface area (Å²) in [4.78, 5) is 23.2. The van der Waals surface area contributed by atoms with Crippen molar-refractivity contribution in [3.05, 3.63) is 11.6 Å². The number of amides is 1. The lowest BCUT2D eigenvalue weighted by Crippen LogP contribution is -2.30. The molecule has 1 amide bonds. The maximum Gasteiger partial charge on any atom is 0.333 e. The third-order valence-corrected chi connectivity index (χ3v) is 1.64. The van der Waals surface area contributed by atoms with Crippen LogP contribution in [0.4, 0.5) is 0 Å². The van der Waals surface area contributed by atoms with Crippen LogP contribution in [0, 0.1) is 0 Å². The number of hydrogen-bond donors (Lipinski definition) is 1. The molecule has 0 rings (SSSR count). The molecule has 0 saturated heterocycles. The van der Waals surface area contributed by atoms with E-state index in [1.54, 1.807) is 24.9 Å². The van der Waals surface area contributed by atoms with Crippen molar-refractivity contribution in [3.8, 4) is 0 Å². The molecule has 0 aliphatic heterocycles. The number of ether oxygens (including phenoxy) is 1. The predicted molar refractivity (Wildman–Crippen MR) is 52.5 cm³/mol. The SMILES string of the molecule is COC(=O)C(C)=CCN(C)CC(N)=O. The number of rotatable bonds is 5. The number of hydrogen-bond acceptors (Lipinski definition) is 4. The first-order chi connectivity index (χ1) is 6.47. The smallest absolute Gasteiger partial charge is 0.333 e. The van der Waals surface area contributed by atoms with E-state index in [0.29, 0.717) is 12.1 Å². The van der Waals surface area contributed by atoms with Crippen LogP contribution in [0.2, 0.25) is 0 Å². The van der Waals surface area contributed by atoms with Crippen LogP contribution in [0.15, 0.2) is 11.6 Å². The fraction of sp³-hybridized carbons (Fsp3) is 0.556. The van der Waals surface area contributed by atoms with Gasteiger partial charge in [-0.1, -0.05) is 6.08 Å². The second-order valence-corrected chi connectivity index (χ2v) is 3.04. The summed E-state index contributed by atoms with van der Waals surface area (Å²) < 4.78 is 4.51. The summed E-state index contributed by atoms with van der Waals surface area (Å²) >= 11 is 0. The number of likely N-dealkylation sites (N-methyl/N-ethyl adjacent to an activating group) is 1. The van der Waals surface area contributed by atoms with Gasteiger partial charge >= 0.3 is 5.97 Å². The van der Waals surface area contributed by atoms with Gasteiger partial charge in [-0.3, -0.25) is 9.69 Å². The quantitative estimate of drug-likeness (QED) is 0.480. The second-order valence-electron chi connectivity index (χ2n) is 3.04. The maximum absolute atomic E-state index is 10.9. The summed E-state index contributed by atoms with van der Waals surface area (Å²) in [7, 11) is 3.07. The Hall–Kier alpha value is -1.36. The molecule has 2 N–H and O–H groups in total. The van der Waals surface area contributed by atoms with Crippen molar-refractivity contribution in [3.63, 3.8) is 0 Å². The van der Waals surface area contributed by atoms with Gasteiger partial charge in [-0.05, 0) is 14.0 Å². The Bertz CT molecular complexity index is 248. The van der Waals surface area contributed by atoms with E-state index in [1.165, 1.54) is 7.11 Å². The Kier molecular flexibility index (Phi) is 5.55. The van der Waals surface area contributed by atoms with E-state index in [4.69, 9.17) is 5.73 Å². The van der Waals surface area contributed by atoms with E-state index in [2.05, 4.69) is 4.74 Å². The van der Waals surface area contributed by atoms with Crippen LogP contribution in [0.1, 0.15) is 6.92 Å². The standard InChI is InChI=1S/C9H16N2O3/c1-7(9(13)14-3)4-5-11(2)6-8(10)12/h4H,5-6H2,1-3H3,(H2,10,12). The Morgan fingerprint density at radius 1 is 1.50 bits per heavy atom. The summed E-state index contributed by atoms with van der Waals surface area (Å²) in [5.74, 6) is -0.755. The molecule has 0 radical (unpaired) electrons. The van der Waals surface area contributed by atoms with Gasteiger partial charge in [0.1, 0.15) is 0 Å². The maximum atomic E-state index is 10.9. The van der Waals surface area contributed by atoms with Gasteiger partial charge in [-0.25, -0.2) is 4.79 Å². The van der Waals surface area contributed by atoms with Gasteiger partial charge in [-0.2, -0.15) is 0 Å². The van der Waals surface area contributed by atoms with Crippen molar-refractivity contribution in [2.24, 2.45) is 5.73 Å². The van der Waals surface area contributed by atoms with Gasteiger partial charge in [-0.15, -0.1) is 0 Å². The largest absolute Gasteiger partial charge is 0.466 e. The molecule has 0 spiro atoms. The molecular weight excluding hydrogens is 184 g/mol. The van der Waals surface area contributed by atoms with Crippen molar-refractivity contribution < 1.29 is 14.3 Å². The highest BCUT2D eigenvalue weighted by atomic mass is 16.5. The third kappa shape index (κ3) is 5.31. The van der Waals surface area contributed by atoms with Crippen LogP contribution in [-0.2, 0) is 14.3 Å². The lowest BCUT2D eigenvalue weighted by Gasteiger charge is -2.11. The van der Waals surface area contributed by atoms with E-state index in [-0.39, 0.29) is 12.5 Å². The monoisotopic (exact) mass is 200 g/mol. The topological polar surface area (TPSA) is 72.6 Å². The average Bonchev–Trinajstić information content (AvgIpc) is 2.11. The lowest BCUT2D eigenvalue weighted by molar-refractivity contribution is -0.136. The first kappa shape index (κ1) is 12.6. The zero-order valence-corrected chi connectivity index (χ0v) is 8.74. The van der Waals surface area contributed by atoms with Gasteiger partial charge in [0.05, 0.1) is 13.7 Å². The van der Waals surface area contributed by atoms with Gasteiger partial charge < -0.3 is 10.5 Å². The first-order valence-electron chi connectivity index (χ1n) is 4.19. The summed E-state index contributed by atoms with van der Waals surface area (Å²) in [5, 5.41) is 0. The zero-order chi connectivity index (χ0) is 11.1. The van der Waals surface area contributed by atoms with E-state index < -0.39 is 5.91 Å². The molecule has 0 fully saturated rings. The number of primary amides is 1. The minimum atomic E-state index is -0.392. The molecule has 0 unspecified atom stereocenters. The number of methoxy groups -OCH3 is 1. The van der Waals surface area contributed by atoms with E-state index in [0.717, 1.165) is 0 Å². The summed E-state index contributed by atoms with van der Waals surface area (Å²) in [6.45, 7) is 2.32. The first-order valence-corrected chi connectivity index (χ1v) is 4.19. The Labute approximate surface area is 83.5 Å². The molecule has 0 aliphatic carbocycles. The fourth-order valence-electron chi connectivity index (χ4n) is 0.868. The van der Waals surface area contributed by atoms with Gasteiger partial charge in [0.25, 0.3) is 0 Å². The van der Waals surface area contributed by atoms with Crippen LogP contribution in [-0.4, -0.2) is 44.0 Å². The van der Waals surface area contributed by atoms with Crippen LogP contribution < -0.4 is 5.73 Å². The molecule has 0 saturated carbocycles. The highest BCUT2D eigenvalue weighted by molar-refractivity contribution is 5.87. The molecule has 5 heteroatoms. The zero-order valence-electron chi connectivity index (χ0n) is 8.74. The Morgan fingerprint density at radius 2 is 2.07 bits per heavy atom. The molecule has 0 bridgehead atoms. The molecule has 5 nitrogen and oxygen atoms in total. The molecule has 0 aromatic rings. The Morgan fingerprint density at radius 3 is 2.50 bits per heavy atom.